The van der Waals surface area contributed by atoms with Crippen LogP contribution in [0, 0.1) is 0 Å². The summed E-state index contributed by atoms with van der Waals surface area (Å²) in [4.78, 5) is 15.8. The Morgan fingerprint density at radius 2 is 2.30 bits per heavy atom. The molecular weight excluding hydrogens is 324 g/mol. The van der Waals surface area contributed by atoms with E-state index in [4.69, 9.17) is 8.94 Å². The average Bonchev–Trinajstić information content (AvgIpc) is 3.06. The van der Waals surface area contributed by atoms with Gasteiger partial charge in [0.05, 0.1) is 12.3 Å². The first-order valence-corrected chi connectivity index (χ1v) is 9.11. The minimum atomic E-state index is -3.27. The third kappa shape index (κ3) is 3.89. The number of amides is 2. The number of furan rings is 1. The second-order valence-corrected chi connectivity index (χ2v) is 7.57. The van der Waals surface area contributed by atoms with E-state index in [0.29, 0.717) is 0 Å². The monoisotopic (exact) mass is 340 g/mol. The molecule has 124 valence electrons. The highest BCUT2D eigenvalue weighted by Crippen LogP contribution is 2.30. The number of anilines is 1. The van der Waals surface area contributed by atoms with E-state index in [-0.39, 0.29) is 23.6 Å². The predicted octanol–water partition coefficient (Wildman–Crippen LogP) is 1.41. The second-order valence-electron chi connectivity index (χ2n) is 5.43. The Morgan fingerprint density at radius 3 is 3.09 bits per heavy atom. The van der Waals surface area contributed by atoms with E-state index in [1.54, 1.807) is 6.26 Å². The van der Waals surface area contributed by atoms with Crippen LogP contribution in [-0.4, -0.2) is 30.8 Å². The van der Waals surface area contributed by atoms with Gasteiger partial charge in [-0.1, -0.05) is 5.16 Å². The lowest BCUT2D eigenvalue weighted by atomic mass is 9.93. The quantitative estimate of drug-likeness (QED) is 0.861. The summed E-state index contributed by atoms with van der Waals surface area (Å²) in [5.41, 5.74) is 0.967. The molecule has 0 bridgehead atoms. The number of sulfone groups is 1. The zero-order valence-electron chi connectivity index (χ0n) is 12.4. The number of carbonyl (C=O) groups is 1. The number of aryl methyl sites for hydroxylation is 1. The summed E-state index contributed by atoms with van der Waals surface area (Å²) in [6, 6.07) is 1.05. The van der Waals surface area contributed by atoms with E-state index in [9.17, 15) is 13.2 Å². The third-order valence-corrected chi connectivity index (χ3v) is 4.22. The fourth-order valence-electron chi connectivity index (χ4n) is 2.53. The van der Waals surface area contributed by atoms with Crippen LogP contribution in [0.2, 0.25) is 0 Å². The summed E-state index contributed by atoms with van der Waals surface area (Å²) in [5.74, 6) is 0.535. The van der Waals surface area contributed by atoms with E-state index in [1.807, 2.05) is 6.07 Å². The normalized spacial score (nSPS) is 17.5. The molecule has 3 rings (SSSR count). The fourth-order valence-corrected chi connectivity index (χ4v) is 3.11. The number of nitrogens with one attached hydrogen (secondary N) is 2. The van der Waals surface area contributed by atoms with E-state index in [2.05, 4.69) is 20.8 Å². The molecule has 10 heteroatoms. The van der Waals surface area contributed by atoms with Gasteiger partial charge >= 0.3 is 12.0 Å². The minimum absolute atomic E-state index is 0.00223. The number of hydrogen-bond donors (Lipinski definition) is 2. The van der Waals surface area contributed by atoms with Gasteiger partial charge in [0.15, 0.2) is 15.7 Å². The maximum atomic E-state index is 12.0. The smallest absolute Gasteiger partial charge is 0.329 e. The Morgan fingerprint density at radius 1 is 1.48 bits per heavy atom. The highest BCUT2D eigenvalue weighted by atomic mass is 32.2. The number of hydrogen-bond acceptors (Lipinski definition) is 7. The number of urea groups is 1. The molecule has 23 heavy (non-hydrogen) atoms. The summed E-state index contributed by atoms with van der Waals surface area (Å²) in [6.07, 6.45) is 5.26. The van der Waals surface area contributed by atoms with Crippen molar-refractivity contribution >= 4 is 21.9 Å². The molecule has 0 aromatic carbocycles. The van der Waals surface area contributed by atoms with E-state index < -0.39 is 15.9 Å². The van der Waals surface area contributed by atoms with Crippen molar-refractivity contribution < 1.29 is 22.2 Å². The Balaban J connectivity index is 1.60. The average molecular weight is 340 g/mol. The maximum absolute atomic E-state index is 12.0. The molecule has 2 heterocycles. The van der Waals surface area contributed by atoms with E-state index in [1.165, 1.54) is 0 Å². The van der Waals surface area contributed by atoms with Crippen LogP contribution in [0.1, 0.15) is 36.0 Å². The van der Waals surface area contributed by atoms with Crippen molar-refractivity contribution in [2.45, 2.75) is 31.1 Å². The molecule has 0 spiro atoms. The van der Waals surface area contributed by atoms with Gasteiger partial charge in [0, 0.05) is 18.2 Å². The van der Waals surface area contributed by atoms with Crippen molar-refractivity contribution in [2.75, 3.05) is 11.6 Å². The van der Waals surface area contributed by atoms with Gasteiger partial charge < -0.3 is 14.3 Å². The highest BCUT2D eigenvalue weighted by Gasteiger charge is 2.24. The number of fused-ring (bicyclic) bond motifs is 1. The zero-order chi connectivity index (χ0) is 16.4. The molecule has 0 aliphatic heterocycles. The largest absolute Gasteiger partial charge is 0.469 e. The molecular formula is C13H16N4O5S. The summed E-state index contributed by atoms with van der Waals surface area (Å²) < 4.78 is 32.5. The minimum Gasteiger partial charge on any atom is -0.469 e. The Kier molecular flexibility index (Phi) is 4.07. The van der Waals surface area contributed by atoms with Crippen molar-refractivity contribution in [3.05, 3.63) is 29.5 Å². The van der Waals surface area contributed by atoms with Gasteiger partial charge in [0.2, 0.25) is 0 Å². The van der Waals surface area contributed by atoms with Crippen LogP contribution in [0.25, 0.3) is 0 Å². The van der Waals surface area contributed by atoms with Gasteiger partial charge in [-0.3, -0.25) is 5.32 Å². The van der Waals surface area contributed by atoms with Crippen LogP contribution < -0.4 is 10.6 Å². The maximum Gasteiger partial charge on any atom is 0.329 e. The van der Waals surface area contributed by atoms with Crippen LogP contribution in [0.3, 0.4) is 0 Å². The molecule has 0 fully saturated rings. The molecule has 1 aliphatic rings. The lowest BCUT2D eigenvalue weighted by Gasteiger charge is -2.22. The topological polar surface area (TPSA) is 127 Å². The first kappa shape index (κ1) is 15.5. The molecule has 2 N–H and O–H groups in total. The standard InChI is InChI=1S/C13H16N4O5S/c1-23(19,20)7-11-15-13(22-17-11)16-12(18)14-9-3-2-4-10-8(9)5-6-21-10/h5-6,9H,2-4,7H2,1H3,(H2,14,15,16,17,18)/t9-/m0/s1. The molecule has 0 unspecified atom stereocenters. The summed E-state index contributed by atoms with van der Waals surface area (Å²) in [6.45, 7) is 0. The van der Waals surface area contributed by atoms with Gasteiger partial charge in [-0.25, -0.2) is 13.2 Å². The van der Waals surface area contributed by atoms with E-state index in [0.717, 1.165) is 36.8 Å². The Hall–Kier alpha value is -2.36. The molecule has 2 aromatic heterocycles. The first-order chi connectivity index (χ1) is 10.9. The van der Waals surface area contributed by atoms with Crippen molar-refractivity contribution in [2.24, 2.45) is 0 Å². The van der Waals surface area contributed by atoms with Crippen LogP contribution in [0.4, 0.5) is 10.8 Å². The molecule has 1 aliphatic carbocycles. The van der Waals surface area contributed by atoms with Crippen LogP contribution in [0.15, 0.2) is 21.3 Å². The molecule has 0 saturated carbocycles. The fraction of sp³-hybridized carbons (Fsp3) is 0.462. The van der Waals surface area contributed by atoms with Crippen LogP contribution in [0.5, 0.6) is 0 Å². The van der Waals surface area contributed by atoms with Crippen molar-refractivity contribution in [1.29, 1.82) is 0 Å². The third-order valence-electron chi connectivity index (χ3n) is 3.44. The number of nitrogens with zero attached hydrogens (tertiary/aromatic N) is 2. The SMILES string of the molecule is CS(=O)(=O)Cc1noc(NC(=O)N[C@H]2CCCc3occc32)n1. The molecule has 1 atom stereocenters. The second kappa shape index (κ2) is 6.03. The van der Waals surface area contributed by atoms with Gasteiger partial charge in [0.1, 0.15) is 11.5 Å². The van der Waals surface area contributed by atoms with Gasteiger partial charge in [-0.15, -0.1) is 0 Å². The number of aromatic nitrogens is 2. The summed E-state index contributed by atoms with van der Waals surface area (Å²) >= 11 is 0. The van der Waals surface area contributed by atoms with E-state index >= 15 is 0 Å². The lowest BCUT2D eigenvalue weighted by Crippen LogP contribution is -2.34. The van der Waals surface area contributed by atoms with Crippen molar-refractivity contribution in [1.82, 2.24) is 15.5 Å². The highest BCUT2D eigenvalue weighted by molar-refractivity contribution is 7.89. The zero-order valence-corrected chi connectivity index (χ0v) is 13.2. The number of carbonyl (C=O) groups excluding carboxylic acids is 1. The van der Waals surface area contributed by atoms with Crippen molar-refractivity contribution in [3.63, 3.8) is 0 Å². The molecule has 2 amide bonds. The Bertz CT molecular complexity index is 810. The molecule has 0 saturated heterocycles. The summed E-state index contributed by atoms with van der Waals surface area (Å²) in [7, 11) is -3.27. The van der Waals surface area contributed by atoms with Crippen molar-refractivity contribution in [3.8, 4) is 0 Å². The Labute approximate surface area is 132 Å². The molecule has 9 nitrogen and oxygen atoms in total. The predicted molar refractivity (Wildman–Crippen MR) is 79.4 cm³/mol. The lowest BCUT2D eigenvalue weighted by molar-refractivity contribution is 0.245. The van der Waals surface area contributed by atoms with Gasteiger partial charge in [-0.2, -0.15) is 4.98 Å². The molecule has 0 radical (unpaired) electrons. The summed E-state index contributed by atoms with van der Waals surface area (Å²) in [5, 5.41) is 8.72. The van der Waals surface area contributed by atoms with Gasteiger partial charge in [-0.05, 0) is 18.9 Å². The first-order valence-electron chi connectivity index (χ1n) is 7.05. The van der Waals surface area contributed by atoms with Crippen LogP contribution in [-0.2, 0) is 22.0 Å². The number of rotatable bonds is 4. The van der Waals surface area contributed by atoms with Crippen LogP contribution >= 0.6 is 0 Å². The molecule has 2 aromatic rings. The van der Waals surface area contributed by atoms with Gasteiger partial charge in [0.25, 0.3) is 0 Å².